The monoisotopic (exact) mass is 303 g/mol. The maximum Gasteiger partial charge on any atom is 0.126 e. The number of aromatic amines is 1. The summed E-state index contributed by atoms with van der Waals surface area (Å²) in [7, 11) is 3.29. The number of methoxy groups -OCH3 is 2. The van der Waals surface area contributed by atoms with Crippen molar-refractivity contribution in [1.29, 1.82) is 0 Å². The van der Waals surface area contributed by atoms with Crippen LogP contribution in [0, 0.1) is 0 Å². The molecule has 0 radical (unpaired) electrons. The lowest BCUT2D eigenvalue weighted by molar-refractivity contribution is 0.389. The second-order valence-electron chi connectivity index (χ2n) is 6.35. The standard InChI is InChI=1S/C17H25N3O2/c1-17(2,3)16-9-14(19-20-16)13(10-18)12-7-6-11(21-4)8-15(12)22-5/h6-9,13H,10,18H2,1-5H3,(H,19,20). The van der Waals surface area contributed by atoms with E-state index in [0.29, 0.717) is 6.54 Å². The molecule has 0 saturated carbocycles. The number of rotatable bonds is 5. The van der Waals surface area contributed by atoms with Gasteiger partial charge in [-0.15, -0.1) is 0 Å². The fraction of sp³-hybridized carbons (Fsp3) is 0.471. The van der Waals surface area contributed by atoms with Gasteiger partial charge in [-0.05, 0) is 12.1 Å². The molecule has 5 heteroatoms. The Morgan fingerprint density at radius 3 is 2.41 bits per heavy atom. The minimum Gasteiger partial charge on any atom is -0.497 e. The predicted octanol–water partition coefficient (Wildman–Crippen LogP) is 2.82. The highest BCUT2D eigenvalue weighted by atomic mass is 16.5. The van der Waals surface area contributed by atoms with Gasteiger partial charge in [0.1, 0.15) is 11.5 Å². The van der Waals surface area contributed by atoms with Crippen LogP contribution < -0.4 is 15.2 Å². The van der Waals surface area contributed by atoms with Crippen LogP contribution in [0.3, 0.4) is 0 Å². The molecule has 0 amide bonds. The molecule has 1 unspecified atom stereocenters. The zero-order valence-electron chi connectivity index (χ0n) is 13.9. The molecule has 1 aromatic heterocycles. The van der Waals surface area contributed by atoms with Crippen molar-refractivity contribution in [3.8, 4) is 11.5 Å². The number of aromatic nitrogens is 2. The number of benzene rings is 1. The van der Waals surface area contributed by atoms with Crippen molar-refractivity contribution < 1.29 is 9.47 Å². The molecule has 5 nitrogen and oxygen atoms in total. The lowest BCUT2D eigenvalue weighted by atomic mass is 9.89. The Balaban J connectivity index is 2.42. The molecule has 0 aliphatic rings. The van der Waals surface area contributed by atoms with Crippen LogP contribution in [0.25, 0.3) is 0 Å². The Labute approximate surface area is 131 Å². The van der Waals surface area contributed by atoms with Crippen LogP contribution in [0.1, 0.15) is 43.6 Å². The van der Waals surface area contributed by atoms with Gasteiger partial charge in [-0.2, -0.15) is 5.10 Å². The van der Waals surface area contributed by atoms with Crippen molar-refractivity contribution in [3.05, 3.63) is 41.2 Å². The van der Waals surface area contributed by atoms with Crippen molar-refractivity contribution in [2.24, 2.45) is 5.73 Å². The molecule has 1 heterocycles. The van der Waals surface area contributed by atoms with E-state index >= 15 is 0 Å². The van der Waals surface area contributed by atoms with Crippen molar-refractivity contribution in [3.63, 3.8) is 0 Å². The number of hydrogen-bond acceptors (Lipinski definition) is 4. The van der Waals surface area contributed by atoms with Gasteiger partial charge < -0.3 is 15.2 Å². The first-order valence-corrected chi connectivity index (χ1v) is 7.38. The molecular weight excluding hydrogens is 278 g/mol. The van der Waals surface area contributed by atoms with E-state index in [2.05, 4.69) is 37.0 Å². The highest BCUT2D eigenvalue weighted by Crippen LogP contribution is 2.34. The molecule has 1 aromatic carbocycles. The van der Waals surface area contributed by atoms with Gasteiger partial charge in [0.15, 0.2) is 0 Å². The van der Waals surface area contributed by atoms with Gasteiger partial charge in [-0.3, -0.25) is 5.10 Å². The number of hydrogen-bond donors (Lipinski definition) is 2. The molecule has 0 aliphatic heterocycles. The van der Waals surface area contributed by atoms with Gasteiger partial charge in [0, 0.05) is 35.2 Å². The van der Waals surface area contributed by atoms with Crippen LogP contribution in [0.5, 0.6) is 11.5 Å². The first-order chi connectivity index (χ1) is 10.4. The van der Waals surface area contributed by atoms with E-state index in [1.54, 1.807) is 14.2 Å². The van der Waals surface area contributed by atoms with Crippen molar-refractivity contribution >= 4 is 0 Å². The topological polar surface area (TPSA) is 73.2 Å². The molecule has 0 saturated heterocycles. The number of nitrogens with zero attached hydrogens (tertiary/aromatic N) is 1. The quantitative estimate of drug-likeness (QED) is 0.891. The second-order valence-corrected chi connectivity index (χ2v) is 6.35. The first-order valence-electron chi connectivity index (χ1n) is 7.38. The van der Waals surface area contributed by atoms with Crippen LogP contribution in [0.15, 0.2) is 24.3 Å². The van der Waals surface area contributed by atoms with E-state index in [-0.39, 0.29) is 11.3 Å². The maximum atomic E-state index is 6.01. The Morgan fingerprint density at radius 1 is 1.18 bits per heavy atom. The van der Waals surface area contributed by atoms with Crippen LogP contribution in [0.4, 0.5) is 0 Å². The molecule has 22 heavy (non-hydrogen) atoms. The largest absolute Gasteiger partial charge is 0.497 e. The van der Waals surface area contributed by atoms with Crippen molar-refractivity contribution in [1.82, 2.24) is 10.2 Å². The van der Waals surface area contributed by atoms with E-state index < -0.39 is 0 Å². The summed E-state index contributed by atoms with van der Waals surface area (Å²) in [5, 5.41) is 7.55. The number of nitrogens with two attached hydrogens (primary N) is 1. The fourth-order valence-electron chi connectivity index (χ4n) is 2.43. The molecule has 0 fully saturated rings. The Morgan fingerprint density at radius 2 is 1.91 bits per heavy atom. The van der Waals surface area contributed by atoms with E-state index in [9.17, 15) is 0 Å². The van der Waals surface area contributed by atoms with Gasteiger partial charge in [-0.1, -0.05) is 26.8 Å². The molecule has 2 rings (SSSR count). The SMILES string of the molecule is COc1ccc(C(CN)c2cc(C(C)(C)C)n[nH]2)c(OC)c1. The normalized spacial score (nSPS) is 13.0. The van der Waals surface area contributed by atoms with Gasteiger partial charge in [0.2, 0.25) is 0 Å². The van der Waals surface area contributed by atoms with Crippen molar-refractivity contribution in [2.75, 3.05) is 20.8 Å². The Hall–Kier alpha value is -2.01. The highest BCUT2D eigenvalue weighted by molar-refractivity contribution is 5.46. The number of ether oxygens (including phenoxy) is 2. The summed E-state index contributed by atoms with van der Waals surface area (Å²) in [5.74, 6) is 1.53. The maximum absolute atomic E-state index is 6.01. The van der Waals surface area contributed by atoms with Gasteiger partial charge >= 0.3 is 0 Å². The van der Waals surface area contributed by atoms with E-state index in [4.69, 9.17) is 15.2 Å². The molecule has 0 bridgehead atoms. The molecular formula is C17H25N3O2. The van der Waals surface area contributed by atoms with E-state index in [1.807, 2.05) is 18.2 Å². The highest BCUT2D eigenvalue weighted by Gasteiger charge is 2.23. The predicted molar refractivity (Wildman–Crippen MR) is 87.7 cm³/mol. The van der Waals surface area contributed by atoms with Gasteiger partial charge in [0.05, 0.1) is 19.9 Å². The average molecular weight is 303 g/mol. The summed E-state index contributed by atoms with van der Waals surface area (Å²) in [4.78, 5) is 0. The van der Waals surface area contributed by atoms with E-state index in [0.717, 1.165) is 28.5 Å². The lowest BCUT2D eigenvalue weighted by Gasteiger charge is -2.18. The number of nitrogens with one attached hydrogen (secondary N) is 1. The Bertz CT molecular complexity index is 629. The summed E-state index contributed by atoms with van der Waals surface area (Å²) < 4.78 is 10.7. The summed E-state index contributed by atoms with van der Waals surface area (Å²) in [6.45, 7) is 6.88. The summed E-state index contributed by atoms with van der Waals surface area (Å²) >= 11 is 0. The lowest BCUT2D eigenvalue weighted by Crippen LogP contribution is -2.15. The molecule has 2 aromatic rings. The fourth-order valence-corrected chi connectivity index (χ4v) is 2.43. The minimum absolute atomic E-state index is 0.00209. The third kappa shape index (κ3) is 3.25. The van der Waals surface area contributed by atoms with Crippen LogP contribution in [-0.4, -0.2) is 31.0 Å². The van der Waals surface area contributed by atoms with Gasteiger partial charge in [0.25, 0.3) is 0 Å². The molecule has 1 atom stereocenters. The van der Waals surface area contributed by atoms with E-state index in [1.165, 1.54) is 0 Å². The van der Waals surface area contributed by atoms with Crippen LogP contribution >= 0.6 is 0 Å². The van der Waals surface area contributed by atoms with Crippen LogP contribution in [-0.2, 0) is 5.41 Å². The molecule has 0 aliphatic carbocycles. The zero-order chi connectivity index (χ0) is 16.3. The Kier molecular flexibility index (Phi) is 4.76. The molecule has 3 N–H and O–H groups in total. The van der Waals surface area contributed by atoms with Gasteiger partial charge in [-0.25, -0.2) is 0 Å². The summed E-state index contributed by atoms with van der Waals surface area (Å²) in [6.07, 6.45) is 0. The first kappa shape index (κ1) is 16.4. The third-order valence-corrected chi connectivity index (χ3v) is 3.79. The smallest absolute Gasteiger partial charge is 0.126 e. The van der Waals surface area contributed by atoms with Crippen LogP contribution in [0.2, 0.25) is 0 Å². The molecule has 0 spiro atoms. The third-order valence-electron chi connectivity index (χ3n) is 3.79. The summed E-state index contributed by atoms with van der Waals surface area (Å²) in [5.41, 5.74) is 9.05. The average Bonchev–Trinajstić information content (AvgIpc) is 2.98. The number of H-pyrrole nitrogens is 1. The van der Waals surface area contributed by atoms with Crippen molar-refractivity contribution in [2.45, 2.75) is 32.1 Å². The zero-order valence-corrected chi connectivity index (χ0v) is 13.9. The second kappa shape index (κ2) is 6.40. The minimum atomic E-state index is -0.00209. The molecule has 120 valence electrons. The summed E-state index contributed by atoms with van der Waals surface area (Å²) in [6, 6.07) is 7.87.